The monoisotopic (exact) mass is 314 g/mol. The van der Waals surface area contributed by atoms with Crippen LogP contribution in [-0.2, 0) is 24.7 Å². The van der Waals surface area contributed by atoms with Crippen molar-refractivity contribution in [1.29, 1.82) is 0 Å². The van der Waals surface area contributed by atoms with Crippen molar-refractivity contribution in [1.82, 2.24) is 15.1 Å². The van der Waals surface area contributed by atoms with Gasteiger partial charge in [-0.25, -0.2) is 0 Å². The van der Waals surface area contributed by atoms with Gasteiger partial charge in [-0.15, -0.1) is 0 Å². The molecule has 23 heavy (non-hydrogen) atoms. The first-order chi connectivity index (χ1) is 10.9. The third-order valence-electron chi connectivity index (χ3n) is 3.80. The van der Waals surface area contributed by atoms with Gasteiger partial charge < -0.3 is 10.2 Å². The Kier molecular flexibility index (Phi) is 5.79. The number of benzene rings is 1. The summed E-state index contributed by atoms with van der Waals surface area (Å²) in [5, 5.41) is 7.18. The van der Waals surface area contributed by atoms with E-state index in [1.54, 1.807) is 4.68 Å². The van der Waals surface area contributed by atoms with Crippen molar-refractivity contribution in [2.45, 2.75) is 32.2 Å². The number of hydrogen-bond acceptors (Lipinski definition) is 3. The van der Waals surface area contributed by atoms with Crippen molar-refractivity contribution in [3.05, 3.63) is 47.8 Å². The molecule has 0 spiro atoms. The lowest BCUT2D eigenvalue weighted by molar-refractivity contribution is -0.121. The summed E-state index contributed by atoms with van der Waals surface area (Å²) >= 11 is 0. The average molecular weight is 314 g/mol. The summed E-state index contributed by atoms with van der Waals surface area (Å²) in [7, 11) is 5.94. The molecule has 5 nitrogen and oxygen atoms in total. The van der Waals surface area contributed by atoms with Crippen molar-refractivity contribution >= 4 is 11.6 Å². The van der Waals surface area contributed by atoms with Crippen molar-refractivity contribution in [3.63, 3.8) is 0 Å². The van der Waals surface area contributed by atoms with E-state index in [2.05, 4.69) is 39.6 Å². The smallest absolute Gasteiger partial charge is 0.220 e. The maximum absolute atomic E-state index is 12.0. The molecule has 1 aromatic heterocycles. The molecule has 1 N–H and O–H groups in total. The Labute approximate surface area is 138 Å². The van der Waals surface area contributed by atoms with Crippen molar-refractivity contribution < 1.29 is 4.79 Å². The first kappa shape index (κ1) is 17.1. The van der Waals surface area contributed by atoms with Crippen LogP contribution in [0.25, 0.3) is 0 Å². The van der Waals surface area contributed by atoms with E-state index in [0.717, 1.165) is 18.4 Å². The molecule has 0 aliphatic rings. The molecule has 0 saturated heterocycles. The van der Waals surface area contributed by atoms with Crippen LogP contribution in [0.3, 0.4) is 0 Å². The van der Waals surface area contributed by atoms with E-state index in [4.69, 9.17) is 0 Å². The minimum absolute atomic E-state index is 0.0891. The molecular weight excluding hydrogens is 288 g/mol. The molecule has 0 unspecified atom stereocenters. The highest BCUT2D eigenvalue weighted by Crippen LogP contribution is 2.13. The summed E-state index contributed by atoms with van der Waals surface area (Å²) in [4.78, 5) is 14.1. The zero-order valence-corrected chi connectivity index (χ0v) is 14.4. The molecule has 124 valence electrons. The SMILES string of the molecule is C[C@@H](Cc1ccc(N(C)C)cc1)NC(=O)CCc1cnn(C)c1. The molecule has 2 rings (SSSR count). The maximum Gasteiger partial charge on any atom is 0.220 e. The summed E-state index contributed by atoms with van der Waals surface area (Å²) in [5.74, 6) is 0.0891. The van der Waals surface area contributed by atoms with Crippen LogP contribution in [0.4, 0.5) is 5.69 Å². The molecule has 1 aromatic carbocycles. The maximum atomic E-state index is 12.0. The van der Waals surface area contributed by atoms with Crippen LogP contribution >= 0.6 is 0 Å². The van der Waals surface area contributed by atoms with Crippen LogP contribution in [0.5, 0.6) is 0 Å². The second-order valence-corrected chi connectivity index (χ2v) is 6.26. The van der Waals surface area contributed by atoms with E-state index in [0.29, 0.717) is 6.42 Å². The van der Waals surface area contributed by atoms with Gasteiger partial charge >= 0.3 is 0 Å². The number of rotatable bonds is 7. The van der Waals surface area contributed by atoms with Crippen LogP contribution in [0.15, 0.2) is 36.7 Å². The Balaban J connectivity index is 1.77. The Bertz CT molecular complexity index is 631. The lowest BCUT2D eigenvalue weighted by Crippen LogP contribution is -2.34. The quantitative estimate of drug-likeness (QED) is 0.852. The van der Waals surface area contributed by atoms with Gasteiger partial charge in [0.2, 0.25) is 5.91 Å². The lowest BCUT2D eigenvalue weighted by atomic mass is 10.1. The van der Waals surface area contributed by atoms with Crippen LogP contribution in [-0.4, -0.2) is 35.8 Å². The minimum atomic E-state index is 0.0891. The van der Waals surface area contributed by atoms with Crippen molar-refractivity contribution in [2.75, 3.05) is 19.0 Å². The summed E-state index contributed by atoms with van der Waals surface area (Å²) < 4.78 is 1.76. The molecular formula is C18H26N4O. The normalized spacial score (nSPS) is 12.0. The fourth-order valence-corrected chi connectivity index (χ4v) is 2.54. The highest BCUT2D eigenvalue weighted by atomic mass is 16.1. The number of nitrogens with one attached hydrogen (secondary N) is 1. The molecule has 1 atom stereocenters. The Morgan fingerprint density at radius 2 is 1.96 bits per heavy atom. The van der Waals surface area contributed by atoms with Gasteiger partial charge in [0.05, 0.1) is 6.20 Å². The number of anilines is 1. The predicted molar refractivity (Wildman–Crippen MR) is 93.6 cm³/mol. The fraction of sp³-hybridized carbons (Fsp3) is 0.444. The van der Waals surface area contributed by atoms with E-state index >= 15 is 0 Å². The number of carbonyl (C=O) groups excluding carboxylic acids is 1. The van der Waals surface area contributed by atoms with E-state index in [-0.39, 0.29) is 11.9 Å². The topological polar surface area (TPSA) is 50.2 Å². The van der Waals surface area contributed by atoms with Crippen LogP contribution in [0.1, 0.15) is 24.5 Å². The van der Waals surface area contributed by atoms with Gasteiger partial charge in [0, 0.05) is 45.5 Å². The molecule has 0 aliphatic carbocycles. The second kappa shape index (κ2) is 7.81. The van der Waals surface area contributed by atoms with E-state index < -0.39 is 0 Å². The average Bonchev–Trinajstić information content (AvgIpc) is 2.91. The van der Waals surface area contributed by atoms with Crippen LogP contribution in [0.2, 0.25) is 0 Å². The molecule has 0 fully saturated rings. The van der Waals surface area contributed by atoms with Gasteiger partial charge in [0.25, 0.3) is 0 Å². The summed E-state index contributed by atoms with van der Waals surface area (Å²) in [6.45, 7) is 2.04. The Morgan fingerprint density at radius 1 is 1.26 bits per heavy atom. The van der Waals surface area contributed by atoms with Gasteiger partial charge in [-0.2, -0.15) is 5.10 Å². The predicted octanol–water partition coefficient (Wildman–Crippen LogP) is 2.17. The number of aryl methyl sites for hydroxylation is 2. The first-order valence-electron chi connectivity index (χ1n) is 7.97. The standard InChI is InChI=1S/C18H26N4O/c1-14(11-15-5-8-17(9-6-15)21(2)3)20-18(23)10-7-16-12-19-22(4)13-16/h5-6,8-9,12-14H,7,10-11H2,1-4H3,(H,20,23)/t14-/m0/s1. The molecule has 0 aliphatic heterocycles. The first-order valence-corrected chi connectivity index (χ1v) is 7.97. The van der Waals surface area contributed by atoms with Gasteiger partial charge in [-0.05, 0) is 43.0 Å². The van der Waals surface area contributed by atoms with Crippen LogP contribution in [0, 0.1) is 0 Å². The third kappa shape index (κ3) is 5.43. The molecule has 1 heterocycles. The Morgan fingerprint density at radius 3 is 2.52 bits per heavy atom. The molecule has 0 saturated carbocycles. The zero-order chi connectivity index (χ0) is 16.8. The molecule has 1 amide bonds. The van der Waals surface area contributed by atoms with E-state index in [1.807, 2.05) is 40.5 Å². The number of hydrogen-bond donors (Lipinski definition) is 1. The molecule has 0 radical (unpaired) electrons. The van der Waals surface area contributed by atoms with Gasteiger partial charge in [-0.3, -0.25) is 9.48 Å². The second-order valence-electron chi connectivity index (χ2n) is 6.26. The number of carbonyl (C=O) groups is 1. The van der Waals surface area contributed by atoms with Crippen LogP contribution < -0.4 is 10.2 Å². The van der Waals surface area contributed by atoms with Gasteiger partial charge in [-0.1, -0.05) is 12.1 Å². The zero-order valence-electron chi connectivity index (χ0n) is 14.4. The van der Waals surface area contributed by atoms with Gasteiger partial charge in [0.1, 0.15) is 0 Å². The van der Waals surface area contributed by atoms with E-state index in [9.17, 15) is 4.79 Å². The molecule has 5 heteroatoms. The number of amides is 1. The number of aromatic nitrogens is 2. The largest absolute Gasteiger partial charge is 0.378 e. The van der Waals surface area contributed by atoms with Crippen molar-refractivity contribution in [2.24, 2.45) is 7.05 Å². The lowest BCUT2D eigenvalue weighted by Gasteiger charge is -2.16. The summed E-state index contributed by atoms with van der Waals surface area (Å²) in [5.41, 5.74) is 3.51. The molecule has 2 aromatic rings. The molecule has 0 bridgehead atoms. The Hall–Kier alpha value is -2.30. The number of nitrogens with zero attached hydrogens (tertiary/aromatic N) is 3. The van der Waals surface area contributed by atoms with E-state index in [1.165, 1.54) is 11.3 Å². The fourth-order valence-electron chi connectivity index (χ4n) is 2.54. The highest BCUT2D eigenvalue weighted by molar-refractivity contribution is 5.76. The van der Waals surface area contributed by atoms with Crippen molar-refractivity contribution in [3.8, 4) is 0 Å². The minimum Gasteiger partial charge on any atom is -0.378 e. The third-order valence-corrected chi connectivity index (χ3v) is 3.80. The van der Waals surface area contributed by atoms with Gasteiger partial charge in [0.15, 0.2) is 0 Å². The summed E-state index contributed by atoms with van der Waals surface area (Å²) in [6, 6.07) is 8.57. The highest BCUT2D eigenvalue weighted by Gasteiger charge is 2.09. The summed E-state index contributed by atoms with van der Waals surface area (Å²) in [6.07, 6.45) is 5.82.